The highest BCUT2D eigenvalue weighted by atomic mass is 15.1. The Hall–Kier alpha value is -1.75. The second-order valence-corrected chi connectivity index (χ2v) is 4.92. The van der Waals surface area contributed by atoms with E-state index in [9.17, 15) is 0 Å². The fourth-order valence-electron chi connectivity index (χ4n) is 2.24. The maximum atomic E-state index is 4.72. The Labute approximate surface area is 106 Å². The number of nitrogens with one attached hydrogen (secondary N) is 2. The summed E-state index contributed by atoms with van der Waals surface area (Å²) in [7, 11) is 0. The van der Waals surface area contributed by atoms with Crippen LogP contribution < -0.4 is 5.32 Å². The van der Waals surface area contributed by atoms with Gasteiger partial charge in [-0.3, -0.25) is 5.10 Å². The Morgan fingerprint density at radius 3 is 2.89 bits per heavy atom. The first-order valence-corrected chi connectivity index (χ1v) is 6.35. The van der Waals surface area contributed by atoms with E-state index in [1.807, 2.05) is 12.4 Å². The van der Waals surface area contributed by atoms with Gasteiger partial charge in [-0.25, -0.2) is 9.97 Å². The first-order chi connectivity index (χ1) is 8.75. The minimum absolute atomic E-state index is 0.343. The van der Waals surface area contributed by atoms with Gasteiger partial charge in [-0.15, -0.1) is 0 Å². The van der Waals surface area contributed by atoms with Gasteiger partial charge in [0, 0.05) is 42.8 Å². The van der Waals surface area contributed by atoms with E-state index < -0.39 is 0 Å². The second-order valence-electron chi connectivity index (χ2n) is 4.92. The molecule has 1 aliphatic rings. The van der Waals surface area contributed by atoms with Gasteiger partial charge in [-0.1, -0.05) is 13.8 Å². The van der Waals surface area contributed by atoms with Gasteiger partial charge in [-0.05, 0) is 0 Å². The Balaban J connectivity index is 2.18. The maximum Gasteiger partial charge on any atom is 0.131 e. The van der Waals surface area contributed by atoms with Crippen LogP contribution in [0, 0.1) is 0 Å². The lowest BCUT2D eigenvalue weighted by atomic mass is 10.0. The zero-order chi connectivity index (χ0) is 12.5. The second kappa shape index (κ2) is 4.49. The lowest BCUT2D eigenvalue weighted by Gasteiger charge is -2.20. The van der Waals surface area contributed by atoms with E-state index in [-0.39, 0.29) is 0 Å². The third kappa shape index (κ3) is 1.90. The Morgan fingerprint density at radius 1 is 1.28 bits per heavy atom. The molecule has 3 heterocycles. The lowest BCUT2D eigenvalue weighted by Crippen LogP contribution is -2.26. The molecule has 2 N–H and O–H groups in total. The van der Waals surface area contributed by atoms with Gasteiger partial charge in [0.1, 0.15) is 5.82 Å². The summed E-state index contributed by atoms with van der Waals surface area (Å²) >= 11 is 0. The molecule has 0 unspecified atom stereocenters. The van der Waals surface area contributed by atoms with Crippen LogP contribution >= 0.6 is 0 Å². The summed E-state index contributed by atoms with van der Waals surface area (Å²) in [4.78, 5) is 9.42. The Kier molecular flexibility index (Phi) is 2.83. The first kappa shape index (κ1) is 11.3. The molecule has 18 heavy (non-hydrogen) atoms. The average molecular weight is 243 g/mol. The van der Waals surface area contributed by atoms with Crippen LogP contribution in [-0.4, -0.2) is 26.7 Å². The molecular formula is C13H17N5. The summed E-state index contributed by atoms with van der Waals surface area (Å²) in [5, 5.41) is 10.3. The number of aromatic nitrogens is 4. The molecule has 0 bridgehead atoms. The molecule has 0 aliphatic carbocycles. The topological polar surface area (TPSA) is 66.5 Å². The third-order valence-corrected chi connectivity index (χ3v) is 3.24. The van der Waals surface area contributed by atoms with E-state index in [0.29, 0.717) is 5.92 Å². The molecule has 0 amide bonds. The van der Waals surface area contributed by atoms with Crippen LogP contribution in [0.15, 0.2) is 12.4 Å². The van der Waals surface area contributed by atoms with Gasteiger partial charge >= 0.3 is 0 Å². The van der Waals surface area contributed by atoms with E-state index in [0.717, 1.165) is 36.6 Å². The van der Waals surface area contributed by atoms with Crippen molar-refractivity contribution in [1.82, 2.24) is 25.5 Å². The molecule has 3 rings (SSSR count). The number of rotatable bonds is 2. The van der Waals surface area contributed by atoms with Crippen molar-refractivity contribution in [3.8, 4) is 11.3 Å². The number of hydrogen-bond donors (Lipinski definition) is 2. The molecule has 0 spiro atoms. The minimum Gasteiger partial charge on any atom is -0.312 e. The van der Waals surface area contributed by atoms with Crippen molar-refractivity contribution >= 4 is 0 Å². The van der Waals surface area contributed by atoms with Gasteiger partial charge in [0.05, 0.1) is 17.6 Å². The maximum absolute atomic E-state index is 4.72. The molecule has 94 valence electrons. The molecule has 0 fully saturated rings. The highest BCUT2D eigenvalue weighted by molar-refractivity contribution is 5.62. The zero-order valence-electron chi connectivity index (χ0n) is 10.7. The fraction of sp³-hybridized carbons (Fsp3) is 0.462. The van der Waals surface area contributed by atoms with E-state index >= 15 is 0 Å². The van der Waals surface area contributed by atoms with E-state index in [1.54, 1.807) is 0 Å². The summed E-state index contributed by atoms with van der Waals surface area (Å²) in [5.74, 6) is 1.27. The van der Waals surface area contributed by atoms with Crippen molar-refractivity contribution < 1.29 is 0 Å². The molecule has 2 aromatic rings. The summed E-state index contributed by atoms with van der Waals surface area (Å²) in [6.07, 6.45) is 4.69. The summed E-state index contributed by atoms with van der Waals surface area (Å²) in [6, 6.07) is 0. The SMILES string of the molecule is CC(C)c1nc2c(c(-c3cn[nH]c3)n1)CNCC2. The summed E-state index contributed by atoms with van der Waals surface area (Å²) in [6.45, 7) is 6.09. The van der Waals surface area contributed by atoms with E-state index in [2.05, 4.69) is 29.4 Å². The normalized spacial score (nSPS) is 14.8. The zero-order valence-corrected chi connectivity index (χ0v) is 10.7. The van der Waals surface area contributed by atoms with Crippen molar-refractivity contribution in [1.29, 1.82) is 0 Å². The van der Waals surface area contributed by atoms with Gasteiger partial charge in [0.15, 0.2) is 0 Å². The predicted molar refractivity (Wildman–Crippen MR) is 69.1 cm³/mol. The molecule has 5 heteroatoms. The average Bonchev–Trinajstić information content (AvgIpc) is 2.91. The predicted octanol–water partition coefficient (Wildman–Crippen LogP) is 1.64. The van der Waals surface area contributed by atoms with Crippen molar-refractivity contribution in [2.45, 2.75) is 32.7 Å². The van der Waals surface area contributed by atoms with Crippen molar-refractivity contribution in [3.05, 3.63) is 29.5 Å². The first-order valence-electron chi connectivity index (χ1n) is 6.35. The summed E-state index contributed by atoms with van der Waals surface area (Å²) in [5.41, 5.74) is 4.46. The van der Waals surface area contributed by atoms with Crippen molar-refractivity contribution in [3.63, 3.8) is 0 Å². The molecular weight excluding hydrogens is 226 g/mol. The summed E-state index contributed by atoms with van der Waals surface area (Å²) < 4.78 is 0. The molecule has 5 nitrogen and oxygen atoms in total. The monoisotopic (exact) mass is 243 g/mol. The van der Waals surface area contributed by atoms with Crippen LogP contribution in [0.1, 0.15) is 36.8 Å². The molecule has 0 saturated carbocycles. The quantitative estimate of drug-likeness (QED) is 0.841. The van der Waals surface area contributed by atoms with Crippen molar-refractivity contribution in [2.24, 2.45) is 0 Å². The third-order valence-electron chi connectivity index (χ3n) is 3.24. The largest absolute Gasteiger partial charge is 0.312 e. The smallest absolute Gasteiger partial charge is 0.131 e. The van der Waals surface area contributed by atoms with Crippen LogP contribution in [-0.2, 0) is 13.0 Å². The van der Waals surface area contributed by atoms with E-state index in [4.69, 9.17) is 9.97 Å². The Morgan fingerprint density at radius 2 is 2.17 bits per heavy atom. The number of H-pyrrole nitrogens is 1. The highest BCUT2D eigenvalue weighted by Crippen LogP contribution is 2.26. The fourth-order valence-corrected chi connectivity index (χ4v) is 2.24. The molecule has 0 radical (unpaired) electrons. The van der Waals surface area contributed by atoms with Crippen LogP contribution in [0.5, 0.6) is 0 Å². The number of aromatic amines is 1. The van der Waals surface area contributed by atoms with Gasteiger partial charge in [-0.2, -0.15) is 5.10 Å². The van der Waals surface area contributed by atoms with Crippen LogP contribution in [0.3, 0.4) is 0 Å². The highest BCUT2D eigenvalue weighted by Gasteiger charge is 2.19. The minimum atomic E-state index is 0.343. The molecule has 0 aromatic carbocycles. The van der Waals surface area contributed by atoms with E-state index in [1.165, 1.54) is 11.3 Å². The van der Waals surface area contributed by atoms with Crippen LogP contribution in [0.4, 0.5) is 0 Å². The number of nitrogens with zero attached hydrogens (tertiary/aromatic N) is 3. The Bertz CT molecular complexity index is 545. The molecule has 2 aromatic heterocycles. The standard InChI is InChI=1S/C13H17N5/c1-8(2)13-17-11-3-4-14-7-10(11)12(18-13)9-5-15-16-6-9/h5-6,8,14H,3-4,7H2,1-2H3,(H,15,16). The molecule has 0 atom stereocenters. The number of fused-ring (bicyclic) bond motifs is 1. The van der Waals surface area contributed by atoms with Gasteiger partial charge < -0.3 is 5.32 Å². The molecule has 0 saturated heterocycles. The van der Waals surface area contributed by atoms with Gasteiger partial charge in [0.25, 0.3) is 0 Å². The molecule has 1 aliphatic heterocycles. The number of hydrogen-bond acceptors (Lipinski definition) is 4. The van der Waals surface area contributed by atoms with Crippen LogP contribution in [0.2, 0.25) is 0 Å². The van der Waals surface area contributed by atoms with Crippen molar-refractivity contribution in [2.75, 3.05) is 6.54 Å². The van der Waals surface area contributed by atoms with Crippen LogP contribution in [0.25, 0.3) is 11.3 Å². The van der Waals surface area contributed by atoms with Gasteiger partial charge in [0.2, 0.25) is 0 Å². The lowest BCUT2D eigenvalue weighted by molar-refractivity contribution is 0.616.